The Bertz CT molecular complexity index is 1100. The third kappa shape index (κ3) is 4.89. The number of aromatic nitrogens is 2. The zero-order valence-corrected chi connectivity index (χ0v) is 17.4. The summed E-state index contributed by atoms with van der Waals surface area (Å²) < 4.78 is 5.14. The summed E-state index contributed by atoms with van der Waals surface area (Å²) in [7, 11) is 0. The Morgan fingerprint density at radius 1 is 1.21 bits per heavy atom. The van der Waals surface area contributed by atoms with Crippen molar-refractivity contribution >= 4 is 39.1 Å². The van der Waals surface area contributed by atoms with Crippen LogP contribution in [0.25, 0.3) is 10.2 Å². The molecule has 3 aromatic rings. The Hall–Kier alpha value is -3.00. The quantitative estimate of drug-likeness (QED) is 0.575. The second-order valence-corrected chi connectivity index (χ2v) is 7.81. The number of fused-ring (bicyclic) bond motifs is 1. The van der Waals surface area contributed by atoms with Crippen molar-refractivity contribution in [1.82, 2.24) is 9.97 Å². The van der Waals surface area contributed by atoms with Crippen LogP contribution in [-0.2, 0) is 16.0 Å². The maximum absolute atomic E-state index is 12.4. The Balaban J connectivity index is 1.61. The highest BCUT2D eigenvalue weighted by Gasteiger charge is 2.20. The summed E-state index contributed by atoms with van der Waals surface area (Å²) in [5, 5.41) is 3.08. The Labute approximate surface area is 172 Å². The van der Waals surface area contributed by atoms with Crippen molar-refractivity contribution in [3.05, 3.63) is 56.4 Å². The molecule has 0 aliphatic heterocycles. The average Bonchev–Trinajstić information content (AvgIpc) is 3.02. The molecule has 0 radical (unpaired) electrons. The maximum atomic E-state index is 12.4. The fourth-order valence-corrected chi connectivity index (χ4v) is 4.10. The fraction of sp³-hybridized carbons (Fsp3) is 0.333. The molecule has 2 heterocycles. The van der Waals surface area contributed by atoms with E-state index in [1.807, 2.05) is 24.3 Å². The van der Waals surface area contributed by atoms with Gasteiger partial charge >= 0.3 is 5.97 Å². The van der Waals surface area contributed by atoms with Crippen LogP contribution in [0.1, 0.15) is 46.4 Å². The number of carbonyl (C=O) groups excluding carboxylic acids is 2. The summed E-state index contributed by atoms with van der Waals surface area (Å²) in [6, 6.07) is 7.62. The van der Waals surface area contributed by atoms with E-state index >= 15 is 0 Å². The summed E-state index contributed by atoms with van der Waals surface area (Å²) >= 11 is 1.09. The van der Waals surface area contributed by atoms with E-state index in [0.29, 0.717) is 27.3 Å². The van der Waals surface area contributed by atoms with Gasteiger partial charge in [0.25, 0.3) is 11.5 Å². The van der Waals surface area contributed by atoms with Gasteiger partial charge in [-0.2, -0.15) is 0 Å². The average molecular weight is 413 g/mol. The Kier molecular flexibility index (Phi) is 6.43. The number of carbonyl (C=O) groups is 2. The summed E-state index contributed by atoms with van der Waals surface area (Å²) in [6.45, 7) is 5.08. The van der Waals surface area contributed by atoms with Crippen LogP contribution in [0.2, 0.25) is 0 Å². The molecular formula is C21H23N3O4S. The minimum Gasteiger partial charge on any atom is -0.451 e. The molecule has 0 saturated carbocycles. The summed E-state index contributed by atoms with van der Waals surface area (Å²) in [5.74, 6) is -0.596. The minimum absolute atomic E-state index is 0.275. The molecule has 2 N–H and O–H groups in total. The predicted octanol–water partition coefficient (Wildman–Crippen LogP) is 3.74. The lowest BCUT2D eigenvalue weighted by atomic mass is 10.1. The van der Waals surface area contributed by atoms with Crippen molar-refractivity contribution in [2.75, 3.05) is 11.9 Å². The van der Waals surface area contributed by atoms with E-state index < -0.39 is 18.5 Å². The Morgan fingerprint density at radius 3 is 2.62 bits per heavy atom. The molecule has 29 heavy (non-hydrogen) atoms. The second-order valence-electron chi connectivity index (χ2n) is 6.81. The van der Waals surface area contributed by atoms with Gasteiger partial charge in [-0.15, -0.1) is 11.3 Å². The summed E-state index contributed by atoms with van der Waals surface area (Å²) in [4.78, 5) is 44.2. The number of aryl methyl sites for hydroxylation is 3. The van der Waals surface area contributed by atoms with Gasteiger partial charge in [0, 0.05) is 5.69 Å². The number of nitrogens with zero attached hydrogens (tertiary/aromatic N) is 1. The summed E-state index contributed by atoms with van der Waals surface area (Å²) in [5.41, 5.74) is 2.08. The van der Waals surface area contributed by atoms with Crippen molar-refractivity contribution in [1.29, 1.82) is 0 Å². The lowest BCUT2D eigenvalue weighted by Crippen LogP contribution is -2.20. The molecule has 0 fully saturated rings. The normalized spacial score (nSPS) is 10.9. The molecule has 0 saturated heterocycles. The maximum Gasteiger partial charge on any atom is 0.349 e. The lowest BCUT2D eigenvalue weighted by Gasteiger charge is -2.07. The van der Waals surface area contributed by atoms with Crippen LogP contribution in [0.3, 0.4) is 0 Å². The molecule has 0 spiro atoms. The zero-order valence-electron chi connectivity index (χ0n) is 16.6. The monoisotopic (exact) mass is 413 g/mol. The number of hydrogen-bond donors (Lipinski definition) is 2. The first-order valence-electron chi connectivity index (χ1n) is 9.45. The highest BCUT2D eigenvalue weighted by molar-refractivity contribution is 7.20. The standard InChI is InChI=1S/C21H23N3O4S/c1-4-5-6-14-7-9-15(10-8-14)24-16(25)11-28-21(27)18-12(2)17-19(26)22-13(3)23-20(17)29-18/h7-10H,4-6,11H2,1-3H3,(H,24,25)(H,22,23,26). The van der Waals surface area contributed by atoms with Gasteiger partial charge in [0.2, 0.25) is 0 Å². The molecule has 2 aromatic heterocycles. The molecule has 0 bridgehead atoms. The molecule has 0 aliphatic carbocycles. The number of aromatic amines is 1. The molecular weight excluding hydrogens is 390 g/mol. The van der Waals surface area contributed by atoms with Gasteiger partial charge in [-0.25, -0.2) is 9.78 Å². The smallest absolute Gasteiger partial charge is 0.349 e. The second kappa shape index (κ2) is 9.00. The first-order valence-corrected chi connectivity index (χ1v) is 10.3. The van der Waals surface area contributed by atoms with Gasteiger partial charge in [0.05, 0.1) is 5.39 Å². The van der Waals surface area contributed by atoms with Gasteiger partial charge in [-0.05, 0) is 49.9 Å². The number of ether oxygens (including phenoxy) is 1. The van der Waals surface area contributed by atoms with Crippen LogP contribution < -0.4 is 10.9 Å². The number of amides is 1. The molecule has 7 nitrogen and oxygen atoms in total. The van der Waals surface area contributed by atoms with Gasteiger partial charge in [0.1, 0.15) is 15.5 Å². The van der Waals surface area contributed by atoms with Crippen molar-refractivity contribution < 1.29 is 14.3 Å². The SMILES string of the molecule is CCCCc1ccc(NC(=O)COC(=O)c2sc3nc(C)[nH]c(=O)c3c2C)cc1. The number of rotatable bonds is 7. The van der Waals surface area contributed by atoms with Gasteiger partial charge in [-0.1, -0.05) is 25.5 Å². The van der Waals surface area contributed by atoms with Crippen LogP contribution in [0, 0.1) is 13.8 Å². The predicted molar refractivity (Wildman–Crippen MR) is 114 cm³/mol. The van der Waals surface area contributed by atoms with Crippen molar-refractivity contribution in [2.24, 2.45) is 0 Å². The van der Waals surface area contributed by atoms with Crippen LogP contribution in [0.5, 0.6) is 0 Å². The van der Waals surface area contributed by atoms with Crippen molar-refractivity contribution in [3.63, 3.8) is 0 Å². The van der Waals surface area contributed by atoms with Gasteiger partial charge < -0.3 is 15.0 Å². The van der Waals surface area contributed by atoms with Crippen LogP contribution in [-0.4, -0.2) is 28.5 Å². The fourth-order valence-electron chi connectivity index (χ4n) is 2.98. The topological polar surface area (TPSA) is 101 Å². The van der Waals surface area contributed by atoms with Crippen molar-refractivity contribution in [2.45, 2.75) is 40.0 Å². The molecule has 3 rings (SSSR count). The van der Waals surface area contributed by atoms with Crippen LogP contribution >= 0.6 is 11.3 Å². The summed E-state index contributed by atoms with van der Waals surface area (Å²) in [6.07, 6.45) is 3.26. The minimum atomic E-state index is -0.646. The van der Waals surface area contributed by atoms with E-state index in [-0.39, 0.29) is 10.4 Å². The van der Waals surface area contributed by atoms with E-state index in [4.69, 9.17) is 4.74 Å². The molecule has 0 atom stereocenters. The largest absolute Gasteiger partial charge is 0.451 e. The third-order valence-corrected chi connectivity index (χ3v) is 5.66. The highest BCUT2D eigenvalue weighted by atomic mass is 32.1. The number of esters is 1. The Morgan fingerprint density at radius 2 is 1.93 bits per heavy atom. The van der Waals surface area contributed by atoms with E-state index in [1.165, 1.54) is 5.56 Å². The molecule has 0 unspecified atom stereocenters. The number of hydrogen-bond acceptors (Lipinski definition) is 6. The molecule has 8 heteroatoms. The first kappa shape index (κ1) is 20.7. The zero-order chi connectivity index (χ0) is 21.0. The number of benzene rings is 1. The lowest BCUT2D eigenvalue weighted by molar-refractivity contribution is -0.119. The van der Waals surface area contributed by atoms with E-state index in [0.717, 1.165) is 30.6 Å². The van der Waals surface area contributed by atoms with E-state index in [9.17, 15) is 14.4 Å². The number of thiophene rings is 1. The number of nitrogens with one attached hydrogen (secondary N) is 2. The number of anilines is 1. The van der Waals surface area contributed by atoms with Gasteiger partial charge in [-0.3, -0.25) is 9.59 Å². The number of H-pyrrole nitrogens is 1. The molecule has 152 valence electrons. The van der Waals surface area contributed by atoms with Crippen LogP contribution in [0.4, 0.5) is 5.69 Å². The number of unbranched alkanes of at least 4 members (excludes halogenated alkanes) is 1. The van der Waals surface area contributed by atoms with Crippen molar-refractivity contribution in [3.8, 4) is 0 Å². The third-order valence-electron chi connectivity index (χ3n) is 4.50. The molecule has 1 amide bonds. The highest BCUT2D eigenvalue weighted by Crippen LogP contribution is 2.27. The van der Waals surface area contributed by atoms with E-state index in [2.05, 4.69) is 22.2 Å². The van der Waals surface area contributed by atoms with Crippen LogP contribution in [0.15, 0.2) is 29.1 Å². The van der Waals surface area contributed by atoms with E-state index in [1.54, 1.807) is 13.8 Å². The molecule has 0 aliphatic rings. The molecule has 1 aromatic carbocycles. The first-order chi connectivity index (χ1) is 13.9. The van der Waals surface area contributed by atoms with Gasteiger partial charge in [0.15, 0.2) is 6.61 Å².